The average molecular weight is 465 g/mol. The Morgan fingerprint density at radius 2 is 1.69 bits per heavy atom. The van der Waals surface area contributed by atoms with Crippen molar-refractivity contribution in [2.75, 3.05) is 39.5 Å². The van der Waals surface area contributed by atoms with Crippen molar-refractivity contribution in [3.05, 3.63) is 101 Å². The summed E-state index contributed by atoms with van der Waals surface area (Å²) in [6.07, 6.45) is 2.05. The van der Waals surface area contributed by atoms with E-state index >= 15 is 0 Å². The number of rotatable bonds is 6. The zero-order chi connectivity index (χ0) is 23.8. The maximum absolute atomic E-state index is 13.9. The molecular weight excluding hydrogens is 436 g/mol. The zero-order valence-electron chi connectivity index (χ0n) is 19.9. The van der Waals surface area contributed by atoms with Gasteiger partial charge in [-0.05, 0) is 53.1 Å². The van der Waals surface area contributed by atoms with Gasteiger partial charge in [0.1, 0.15) is 12.4 Å². The van der Waals surface area contributed by atoms with E-state index in [4.69, 9.17) is 9.47 Å². The van der Waals surface area contributed by atoms with Crippen molar-refractivity contribution in [3.8, 4) is 5.75 Å². The van der Waals surface area contributed by atoms with Crippen molar-refractivity contribution >= 4 is 27.8 Å². The number of Topliss-reactive ketones (excluding diaryl/α,β-unsaturated/α-hetero) is 1. The highest BCUT2D eigenvalue weighted by atomic mass is 16.5. The van der Waals surface area contributed by atoms with Gasteiger partial charge in [-0.15, -0.1) is 0 Å². The molecule has 0 spiro atoms. The summed E-state index contributed by atoms with van der Waals surface area (Å²) < 4.78 is 13.6. The standard InChI is InChI=1S/C30H28N2O3/c1-31-12-11-22-19-23(7-10-27(22)31)29-28(21-5-3-2-4-6-21)25-9-8-24(20-26(25)30(29)33)35-18-15-32-13-16-34-17-14-32/h2-12,19-20H,13-18H2,1H3. The van der Waals surface area contributed by atoms with E-state index in [-0.39, 0.29) is 5.78 Å². The third-order valence-electron chi connectivity index (χ3n) is 7.00. The van der Waals surface area contributed by atoms with Crippen LogP contribution in [-0.4, -0.2) is 54.7 Å². The first-order valence-corrected chi connectivity index (χ1v) is 12.2. The Labute approximate surface area is 205 Å². The highest BCUT2D eigenvalue weighted by molar-refractivity contribution is 6.41. The predicted octanol–water partition coefficient (Wildman–Crippen LogP) is 5.04. The van der Waals surface area contributed by atoms with Gasteiger partial charge in [0.25, 0.3) is 0 Å². The molecule has 0 saturated carbocycles. The van der Waals surface area contributed by atoms with E-state index in [2.05, 4.69) is 45.9 Å². The van der Waals surface area contributed by atoms with Crippen LogP contribution in [0.1, 0.15) is 27.0 Å². The lowest BCUT2D eigenvalue weighted by Gasteiger charge is -2.26. The second-order valence-corrected chi connectivity index (χ2v) is 9.16. The van der Waals surface area contributed by atoms with Crippen molar-refractivity contribution in [2.24, 2.45) is 7.05 Å². The van der Waals surface area contributed by atoms with Crippen LogP contribution in [-0.2, 0) is 11.8 Å². The van der Waals surface area contributed by atoms with Crippen LogP contribution in [0.5, 0.6) is 5.75 Å². The first kappa shape index (κ1) is 21.8. The second-order valence-electron chi connectivity index (χ2n) is 9.16. The second kappa shape index (κ2) is 9.17. The van der Waals surface area contributed by atoms with E-state index in [1.165, 1.54) is 0 Å². The van der Waals surface area contributed by atoms with E-state index in [0.29, 0.717) is 12.2 Å². The third-order valence-corrected chi connectivity index (χ3v) is 7.00. The van der Waals surface area contributed by atoms with Crippen molar-refractivity contribution < 1.29 is 14.3 Å². The van der Waals surface area contributed by atoms with Gasteiger partial charge >= 0.3 is 0 Å². The van der Waals surface area contributed by atoms with E-state index in [0.717, 1.165) is 77.3 Å². The summed E-state index contributed by atoms with van der Waals surface area (Å²) in [7, 11) is 2.04. The number of carbonyl (C=O) groups is 1. The van der Waals surface area contributed by atoms with Crippen molar-refractivity contribution in [1.82, 2.24) is 9.47 Å². The van der Waals surface area contributed by atoms with Gasteiger partial charge < -0.3 is 14.0 Å². The van der Waals surface area contributed by atoms with E-state index < -0.39 is 0 Å². The van der Waals surface area contributed by atoms with Crippen LogP contribution in [0.2, 0.25) is 0 Å². The lowest BCUT2D eigenvalue weighted by Crippen LogP contribution is -2.38. The van der Waals surface area contributed by atoms with Gasteiger partial charge in [0.15, 0.2) is 5.78 Å². The molecular formula is C30H28N2O3. The molecule has 0 atom stereocenters. The fourth-order valence-corrected chi connectivity index (χ4v) is 5.14. The van der Waals surface area contributed by atoms with Gasteiger partial charge in [-0.25, -0.2) is 0 Å². The molecule has 0 N–H and O–H groups in total. The summed E-state index contributed by atoms with van der Waals surface area (Å²) in [6.45, 7) is 4.86. The molecule has 1 saturated heterocycles. The Bertz CT molecular complexity index is 1430. The first-order valence-electron chi connectivity index (χ1n) is 12.2. The molecule has 5 heteroatoms. The lowest BCUT2D eigenvalue weighted by atomic mass is 9.94. The number of benzene rings is 3. The molecule has 0 unspecified atom stereocenters. The Morgan fingerprint density at radius 3 is 2.51 bits per heavy atom. The number of fused-ring (bicyclic) bond motifs is 2. The number of hydrogen-bond donors (Lipinski definition) is 0. The number of carbonyl (C=O) groups excluding carboxylic acids is 1. The van der Waals surface area contributed by atoms with Gasteiger partial charge in [0.05, 0.1) is 13.2 Å². The quantitative estimate of drug-likeness (QED) is 0.401. The number of ketones is 1. The lowest BCUT2D eigenvalue weighted by molar-refractivity contribution is 0.0322. The molecule has 0 radical (unpaired) electrons. The van der Waals surface area contributed by atoms with Crippen LogP contribution in [0.25, 0.3) is 22.0 Å². The Balaban J connectivity index is 1.35. The number of aryl methyl sites for hydroxylation is 1. The van der Waals surface area contributed by atoms with Crippen LogP contribution >= 0.6 is 0 Å². The van der Waals surface area contributed by atoms with Crippen molar-refractivity contribution in [1.29, 1.82) is 0 Å². The van der Waals surface area contributed by atoms with Crippen LogP contribution in [0.4, 0.5) is 0 Å². The molecule has 6 rings (SSSR count). The highest BCUT2D eigenvalue weighted by Gasteiger charge is 2.32. The van der Waals surface area contributed by atoms with E-state index in [1.54, 1.807) is 0 Å². The Kier molecular flexibility index (Phi) is 5.72. The summed E-state index contributed by atoms with van der Waals surface area (Å²) in [5.74, 6) is 0.783. The topological polar surface area (TPSA) is 43.7 Å². The predicted molar refractivity (Wildman–Crippen MR) is 139 cm³/mol. The minimum Gasteiger partial charge on any atom is -0.492 e. The van der Waals surface area contributed by atoms with Crippen LogP contribution in [0, 0.1) is 0 Å². The summed E-state index contributed by atoms with van der Waals surface area (Å²) in [5, 5.41) is 1.13. The van der Waals surface area contributed by atoms with Crippen molar-refractivity contribution in [3.63, 3.8) is 0 Å². The maximum atomic E-state index is 13.9. The minimum absolute atomic E-state index is 0.0489. The zero-order valence-corrected chi connectivity index (χ0v) is 19.9. The monoisotopic (exact) mass is 464 g/mol. The highest BCUT2D eigenvalue weighted by Crippen LogP contribution is 2.43. The maximum Gasteiger partial charge on any atom is 0.195 e. The normalized spacial score (nSPS) is 16.2. The van der Waals surface area contributed by atoms with Crippen molar-refractivity contribution in [2.45, 2.75) is 0 Å². The number of ether oxygens (including phenoxy) is 2. The van der Waals surface area contributed by atoms with Gasteiger partial charge in [-0.2, -0.15) is 0 Å². The molecule has 0 bridgehead atoms. The number of hydrogen-bond acceptors (Lipinski definition) is 4. The van der Waals surface area contributed by atoms with E-state index in [9.17, 15) is 4.79 Å². The molecule has 1 aromatic heterocycles. The largest absolute Gasteiger partial charge is 0.492 e. The van der Waals surface area contributed by atoms with Crippen LogP contribution < -0.4 is 4.74 Å². The molecule has 0 amide bonds. The van der Waals surface area contributed by atoms with Gasteiger partial charge in [0, 0.05) is 60.5 Å². The van der Waals surface area contributed by atoms with Crippen LogP contribution in [0.15, 0.2) is 79.0 Å². The molecule has 5 nitrogen and oxygen atoms in total. The van der Waals surface area contributed by atoms with Gasteiger partial charge in [-0.1, -0.05) is 36.4 Å². The SMILES string of the molecule is Cn1ccc2cc(C3=C(c4ccccc4)c4ccc(OCCN5CCOCC5)cc4C3=O)ccc21. The smallest absolute Gasteiger partial charge is 0.195 e. The third kappa shape index (κ3) is 4.07. The molecule has 4 aromatic rings. The average Bonchev–Trinajstić information content (AvgIpc) is 3.41. The number of aromatic nitrogens is 1. The first-order chi connectivity index (χ1) is 17.2. The fraction of sp³-hybridized carbons (Fsp3) is 0.233. The Morgan fingerprint density at radius 1 is 0.857 bits per heavy atom. The summed E-state index contributed by atoms with van der Waals surface area (Å²) in [4.78, 5) is 16.2. The molecule has 176 valence electrons. The number of nitrogens with zero attached hydrogens (tertiary/aromatic N) is 2. The number of morpholine rings is 1. The molecule has 2 heterocycles. The van der Waals surface area contributed by atoms with Crippen LogP contribution in [0.3, 0.4) is 0 Å². The molecule has 3 aromatic carbocycles. The molecule has 35 heavy (non-hydrogen) atoms. The molecule has 2 aliphatic rings. The van der Waals surface area contributed by atoms with E-state index in [1.807, 2.05) is 49.6 Å². The molecule has 1 aliphatic heterocycles. The summed E-state index contributed by atoms with van der Waals surface area (Å²) >= 11 is 0. The van der Waals surface area contributed by atoms with Gasteiger partial charge in [0.2, 0.25) is 0 Å². The summed E-state index contributed by atoms with van der Waals surface area (Å²) in [5.41, 5.74) is 6.54. The summed E-state index contributed by atoms with van der Waals surface area (Å²) in [6, 6.07) is 24.5. The molecule has 1 fully saturated rings. The van der Waals surface area contributed by atoms with Gasteiger partial charge in [-0.3, -0.25) is 9.69 Å². The number of allylic oxidation sites excluding steroid dienone is 1. The minimum atomic E-state index is 0.0489. The molecule has 1 aliphatic carbocycles. The fourth-order valence-electron chi connectivity index (χ4n) is 5.14. The Hall–Kier alpha value is -3.67.